The minimum atomic E-state index is -0.543. The van der Waals surface area contributed by atoms with Crippen molar-refractivity contribution in [2.45, 2.75) is 27.2 Å². The third-order valence-electron chi connectivity index (χ3n) is 3.96. The van der Waals surface area contributed by atoms with Gasteiger partial charge in [0.25, 0.3) is 11.8 Å². The molecule has 7 heteroatoms. The fraction of sp³-hybridized carbons (Fsp3) is 0.400. The molecule has 1 aliphatic heterocycles. The van der Waals surface area contributed by atoms with E-state index < -0.39 is 17.2 Å². The predicted molar refractivity (Wildman–Crippen MR) is 96.5 cm³/mol. The van der Waals surface area contributed by atoms with Crippen molar-refractivity contribution in [3.8, 4) is 11.8 Å². The Labute approximate surface area is 158 Å². The van der Waals surface area contributed by atoms with Gasteiger partial charge in [0.15, 0.2) is 5.76 Å². The Morgan fingerprint density at radius 2 is 1.81 bits per heavy atom. The van der Waals surface area contributed by atoms with E-state index in [2.05, 4.69) is 0 Å². The van der Waals surface area contributed by atoms with Gasteiger partial charge in [0, 0.05) is 11.8 Å². The van der Waals surface area contributed by atoms with Gasteiger partial charge in [-0.2, -0.15) is 5.26 Å². The topological polar surface area (TPSA) is 96.7 Å². The van der Waals surface area contributed by atoms with E-state index in [1.807, 2.05) is 26.8 Å². The molecule has 2 rings (SSSR count). The van der Waals surface area contributed by atoms with Gasteiger partial charge in [0.1, 0.15) is 11.5 Å². The number of benzene rings is 1. The lowest BCUT2D eigenvalue weighted by Gasteiger charge is -2.17. The van der Waals surface area contributed by atoms with E-state index in [1.54, 1.807) is 24.3 Å². The van der Waals surface area contributed by atoms with Gasteiger partial charge >= 0.3 is 0 Å². The molecule has 0 atom stereocenters. The molecule has 7 nitrogen and oxygen atoms in total. The molecule has 2 amide bonds. The molecule has 0 unspecified atom stereocenters. The van der Waals surface area contributed by atoms with Crippen molar-refractivity contribution in [2.24, 2.45) is 5.41 Å². The molecule has 0 saturated carbocycles. The Bertz CT molecular complexity index is 797. The summed E-state index contributed by atoms with van der Waals surface area (Å²) in [6.07, 6.45) is 1.42. The summed E-state index contributed by atoms with van der Waals surface area (Å²) < 4.78 is 10.8. The maximum Gasteiger partial charge on any atom is 0.296 e. The van der Waals surface area contributed by atoms with Crippen LogP contribution in [0.5, 0.6) is 5.75 Å². The molecule has 0 N–H and O–H groups in total. The zero-order chi connectivity index (χ0) is 20.0. The van der Waals surface area contributed by atoms with Crippen LogP contribution in [0.2, 0.25) is 0 Å². The highest BCUT2D eigenvalue weighted by molar-refractivity contribution is 6.15. The number of nitrogens with zero attached hydrogens (tertiary/aromatic N) is 2. The molecule has 27 heavy (non-hydrogen) atoms. The van der Waals surface area contributed by atoms with Crippen molar-refractivity contribution in [3.63, 3.8) is 0 Å². The lowest BCUT2D eigenvalue weighted by molar-refractivity contribution is -0.139. The number of amides is 2. The third kappa shape index (κ3) is 5.50. The van der Waals surface area contributed by atoms with Crippen molar-refractivity contribution in [3.05, 3.63) is 41.7 Å². The molecular formula is C20H22N2O5. The average Bonchev–Trinajstić information content (AvgIpc) is 2.88. The summed E-state index contributed by atoms with van der Waals surface area (Å²) in [7, 11) is 0. The standard InChI is InChI=1S/C20H22N2O5/c1-20(2,3)17(23)8-10-26-11-9-22-18(24)12-16(19(22)25)27-15-6-4-14(13-21)5-7-15/h4-7,12H,8-11H2,1-3H3. The monoisotopic (exact) mass is 370 g/mol. The predicted octanol–water partition coefficient (Wildman–Crippen LogP) is 2.21. The van der Waals surface area contributed by atoms with Gasteiger partial charge in [-0.15, -0.1) is 0 Å². The van der Waals surface area contributed by atoms with E-state index in [1.165, 1.54) is 0 Å². The molecule has 0 saturated heterocycles. The van der Waals surface area contributed by atoms with Crippen LogP contribution in [-0.4, -0.2) is 42.3 Å². The summed E-state index contributed by atoms with van der Waals surface area (Å²) in [5.74, 6) is -0.639. The van der Waals surface area contributed by atoms with Crippen LogP contribution in [0.1, 0.15) is 32.8 Å². The number of hydrogen-bond donors (Lipinski definition) is 0. The molecule has 1 aromatic rings. The molecule has 0 aromatic heterocycles. The summed E-state index contributed by atoms with van der Waals surface area (Å²) in [6, 6.07) is 8.20. The summed E-state index contributed by atoms with van der Waals surface area (Å²) >= 11 is 0. The molecule has 0 bridgehead atoms. The highest BCUT2D eigenvalue weighted by Gasteiger charge is 2.32. The molecule has 0 fully saturated rings. The van der Waals surface area contributed by atoms with Crippen LogP contribution in [0.15, 0.2) is 36.1 Å². The zero-order valence-electron chi connectivity index (χ0n) is 15.7. The van der Waals surface area contributed by atoms with Crippen LogP contribution >= 0.6 is 0 Å². The maximum absolute atomic E-state index is 12.3. The number of ketones is 1. The minimum absolute atomic E-state index is 0.0763. The van der Waals surface area contributed by atoms with E-state index in [0.29, 0.717) is 11.3 Å². The Kier molecular flexibility index (Phi) is 6.48. The van der Waals surface area contributed by atoms with Gasteiger partial charge in [-0.1, -0.05) is 20.8 Å². The lowest BCUT2D eigenvalue weighted by atomic mass is 9.89. The second-order valence-corrected chi connectivity index (χ2v) is 7.08. The first-order valence-electron chi connectivity index (χ1n) is 8.59. The van der Waals surface area contributed by atoms with E-state index >= 15 is 0 Å². The Balaban J connectivity index is 1.80. The Hall–Kier alpha value is -2.98. The van der Waals surface area contributed by atoms with Gasteiger partial charge in [0.2, 0.25) is 0 Å². The maximum atomic E-state index is 12.3. The van der Waals surface area contributed by atoms with Crippen LogP contribution in [0.25, 0.3) is 0 Å². The van der Waals surface area contributed by atoms with Gasteiger partial charge in [-0.3, -0.25) is 19.3 Å². The third-order valence-corrected chi connectivity index (χ3v) is 3.96. The van der Waals surface area contributed by atoms with Gasteiger partial charge in [0.05, 0.1) is 37.5 Å². The molecule has 0 spiro atoms. The normalized spacial score (nSPS) is 14.1. The molecular weight excluding hydrogens is 348 g/mol. The van der Waals surface area contributed by atoms with E-state index in [9.17, 15) is 14.4 Å². The highest BCUT2D eigenvalue weighted by atomic mass is 16.5. The van der Waals surface area contributed by atoms with E-state index in [4.69, 9.17) is 14.7 Å². The van der Waals surface area contributed by atoms with Crippen LogP contribution in [0, 0.1) is 16.7 Å². The fourth-order valence-electron chi connectivity index (χ4n) is 2.29. The number of rotatable bonds is 8. The van der Waals surface area contributed by atoms with Crippen LogP contribution in [-0.2, 0) is 19.1 Å². The SMILES string of the molecule is CC(C)(C)C(=O)CCOCCN1C(=O)C=C(Oc2ccc(C#N)cc2)C1=O. The number of carbonyl (C=O) groups is 3. The number of carbonyl (C=O) groups excluding carboxylic acids is 3. The summed E-state index contributed by atoms with van der Waals surface area (Å²) in [5, 5.41) is 8.78. The van der Waals surface area contributed by atoms with Crippen molar-refractivity contribution < 1.29 is 23.9 Å². The number of ether oxygens (including phenoxy) is 2. The number of Topliss-reactive ketones (excluding diaryl/α,β-unsaturated/α-hetero) is 1. The first kappa shape index (κ1) is 20.3. The van der Waals surface area contributed by atoms with Gasteiger partial charge in [-0.25, -0.2) is 0 Å². The quantitative estimate of drug-likeness (QED) is 0.514. The van der Waals surface area contributed by atoms with E-state index in [-0.39, 0.29) is 37.7 Å². The second kappa shape index (κ2) is 8.60. The highest BCUT2D eigenvalue weighted by Crippen LogP contribution is 2.20. The zero-order valence-corrected chi connectivity index (χ0v) is 15.7. The first-order chi connectivity index (χ1) is 12.7. The van der Waals surface area contributed by atoms with Crippen molar-refractivity contribution in [1.29, 1.82) is 5.26 Å². The molecule has 1 aromatic carbocycles. The summed E-state index contributed by atoms with van der Waals surface area (Å²) in [6.45, 7) is 6.01. The number of nitriles is 1. The average molecular weight is 370 g/mol. The van der Waals surface area contributed by atoms with Crippen molar-refractivity contribution >= 4 is 17.6 Å². The van der Waals surface area contributed by atoms with Crippen molar-refractivity contribution in [2.75, 3.05) is 19.8 Å². The number of hydrogen-bond acceptors (Lipinski definition) is 6. The van der Waals surface area contributed by atoms with E-state index in [0.717, 1.165) is 11.0 Å². The Morgan fingerprint density at radius 3 is 2.41 bits per heavy atom. The molecule has 142 valence electrons. The van der Waals surface area contributed by atoms with Crippen molar-refractivity contribution in [1.82, 2.24) is 4.90 Å². The summed E-state index contributed by atoms with van der Waals surface area (Å²) in [4.78, 5) is 37.1. The van der Waals surface area contributed by atoms with Crippen LogP contribution < -0.4 is 4.74 Å². The smallest absolute Gasteiger partial charge is 0.296 e. The largest absolute Gasteiger partial charge is 0.451 e. The van der Waals surface area contributed by atoms with Crippen LogP contribution in [0.3, 0.4) is 0 Å². The second-order valence-electron chi connectivity index (χ2n) is 7.08. The molecule has 1 aliphatic rings. The number of imide groups is 1. The van der Waals surface area contributed by atoms with Crippen LogP contribution in [0.4, 0.5) is 0 Å². The fourth-order valence-corrected chi connectivity index (χ4v) is 2.29. The first-order valence-corrected chi connectivity index (χ1v) is 8.59. The molecule has 1 heterocycles. The summed E-state index contributed by atoms with van der Waals surface area (Å²) in [5.41, 5.74) is 0.0557. The molecule has 0 radical (unpaired) electrons. The lowest BCUT2D eigenvalue weighted by Crippen LogP contribution is -2.35. The van der Waals surface area contributed by atoms with Gasteiger partial charge in [-0.05, 0) is 24.3 Å². The Morgan fingerprint density at radius 1 is 1.15 bits per heavy atom. The minimum Gasteiger partial charge on any atom is -0.451 e. The molecule has 0 aliphatic carbocycles. The van der Waals surface area contributed by atoms with Gasteiger partial charge < -0.3 is 9.47 Å².